The highest BCUT2D eigenvalue weighted by Crippen LogP contribution is 2.24. The van der Waals surface area contributed by atoms with Gasteiger partial charge in [0.05, 0.1) is 11.6 Å². The van der Waals surface area contributed by atoms with Crippen molar-refractivity contribution in [2.75, 3.05) is 19.6 Å². The molecular weight excluding hydrogens is 326 g/mol. The minimum absolute atomic E-state index is 0. The molecule has 1 saturated heterocycles. The van der Waals surface area contributed by atoms with Crippen LogP contribution in [0.3, 0.4) is 0 Å². The Hall–Kier alpha value is -2.11. The zero-order valence-corrected chi connectivity index (χ0v) is 14.4. The molecule has 1 aliphatic rings. The molecule has 2 N–H and O–H groups in total. The van der Waals surface area contributed by atoms with Gasteiger partial charge in [0.25, 0.3) is 5.91 Å². The van der Waals surface area contributed by atoms with Crippen molar-refractivity contribution in [1.82, 2.24) is 15.2 Å². The number of piperazine rings is 1. The number of aromatic nitrogens is 1. The summed E-state index contributed by atoms with van der Waals surface area (Å²) in [5, 5.41) is 3.36. The van der Waals surface area contributed by atoms with Crippen LogP contribution in [0.1, 0.15) is 34.5 Å². The molecule has 6 heteroatoms. The second-order valence-corrected chi connectivity index (χ2v) is 5.76. The lowest BCUT2D eigenvalue weighted by Crippen LogP contribution is -2.48. The lowest BCUT2D eigenvalue weighted by atomic mass is 10.00. The van der Waals surface area contributed by atoms with E-state index in [1.54, 1.807) is 6.07 Å². The van der Waals surface area contributed by atoms with Crippen LogP contribution >= 0.6 is 12.4 Å². The average molecular weight is 348 g/mol. The number of carbonyl (C=O) groups excluding carboxylic acids is 1. The van der Waals surface area contributed by atoms with Gasteiger partial charge in [-0.1, -0.05) is 31.2 Å². The second-order valence-electron chi connectivity index (χ2n) is 5.76. The van der Waals surface area contributed by atoms with Gasteiger partial charge in [0.1, 0.15) is 0 Å². The van der Waals surface area contributed by atoms with Crippen LogP contribution in [0.4, 0.5) is 0 Å². The summed E-state index contributed by atoms with van der Waals surface area (Å²) >= 11 is 0. The summed E-state index contributed by atoms with van der Waals surface area (Å²) in [4.78, 5) is 28.4. The molecule has 128 valence electrons. The van der Waals surface area contributed by atoms with Crippen molar-refractivity contribution in [3.8, 4) is 0 Å². The molecule has 1 atom stereocenters. The Labute approximate surface area is 147 Å². The minimum atomic E-state index is -0.200. The van der Waals surface area contributed by atoms with E-state index in [-0.39, 0.29) is 29.9 Å². The first-order valence-corrected chi connectivity index (χ1v) is 7.98. The first kappa shape index (κ1) is 18.2. The van der Waals surface area contributed by atoms with Crippen molar-refractivity contribution in [3.05, 3.63) is 69.6 Å². The number of aryl methyl sites for hydroxylation is 1. The Bertz CT molecular complexity index is 722. The number of hydrogen-bond acceptors (Lipinski definition) is 3. The standard InChI is InChI=1S/C18H21N3O2.ClH/c1-2-13-3-5-14(6-4-13)16-12-19-9-10-21(16)18(23)15-7-8-17(22)20-11-15;/h3-8,11,16,19H,2,9-10,12H2,1H3,(H,20,22);1H. The summed E-state index contributed by atoms with van der Waals surface area (Å²) in [6.07, 6.45) is 2.49. The van der Waals surface area contributed by atoms with E-state index in [9.17, 15) is 9.59 Å². The third-order valence-corrected chi connectivity index (χ3v) is 4.31. The number of aromatic amines is 1. The molecule has 0 saturated carbocycles. The lowest BCUT2D eigenvalue weighted by molar-refractivity contribution is 0.0634. The predicted octanol–water partition coefficient (Wildman–Crippen LogP) is 2.15. The minimum Gasteiger partial charge on any atom is -0.329 e. The van der Waals surface area contributed by atoms with E-state index in [2.05, 4.69) is 41.5 Å². The normalized spacial score (nSPS) is 17.2. The lowest BCUT2D eigenvalue weighted by Gasteiger charge is -2.36. The number of rotatable bonds is 3. The number of amides is 1. The monoisotopic (exact) mass is 347 g/mol. The Morgan fingerprint density at radius 1 is 1.21 bits per heavy atom. The van der Waals surface area contributed by atoms with Crippen molar-refractivity contribution in [2.24, 2.45) is 0 Å². The van der Waals surface area contributed by atoms with Crippen LogP contribution in [0.5, 0.6) is 0 Å². The Morgan fingerprint density at radius 2 is 1.96 bits per heavy atom. The second kappa shape index (κ2) is 8.13. The zero-order chi connectivity index (χ0) is 16.2. The van der Waals surface area contributed by atoms with Crippen molar-refractivity contribution in [3.63, 3.8) is 0 Å². The number of nitrogens with one attached hydrogen (secondary N) is 2. The first-order valence-electron chi connectivity index (χ1n) is 7.98. The third-order valence-electron chi connectivity index (χ3n) is 4.31. The van der Waals surface area contributed by atoms with E-state index in [1.165, 1.54) is 17.8 Å². The first-order chi connectivity index (χ1) is 11.2. The van der Waals surface area contributed by atoms with Gasteiger partial charge in [-0.2, -0.15) is 0 Å². The van der Waals surface area contributed by atoms with Gasteiger partial charge in [-0.3, -0.25) is 9.59 Å². The molecule has 0 radical (unpaired) electrons. The summed E-state index contributed by atoms with van der Waals surface area (Å²) in [6, 6.07) is 11.4. The number of nitrogens with zero attached hydrogens (tertiary/aromatic N) is 1. The highest BCUT2D eigenvalue weighted by molar-refractivity contribution is 5.94. The maximum atomic E-state index is 12.8. The SMILES string of the molecule is CCc1ccc(C2CNCCN2C(=O)c2ccc(=O)[nH]c2)cc1.Cl. The highest BCUT2D eigenvalue weighted by atomic mass is 35.5. The van der Waals surface area contributed by atoms with Crippen molar-refractivity contribution in [1.29, 1.82) is 0 Å². The van der Waals surface area contributed by atoms with E-state index < -0.39 is 0 Å². The van der Waals surface area contributed by atoms with Crippen LogP contribution in [0.25, 0.3) is 0 Å². The molecule has 24 heavy (non-hydrogen) atoms. The van der Waals surface area contributed by atoms with Crippen LogP contribution in [-0.2, 0) is 6.42 Å². The van der Waals surface area contributed by atoms with Gasteiger partial charge < -0.3 is 15.2 Å². The number of pyridine rings is 1. The molecular formula is C18H22ClN3O2. The van der Waals surface area contributed by atoms with Gasteiger partial charge in [0.15, 0.2) is 0 Å². The molecule has 1 fully saturated rings. The van der Waals surface area contributed by atoms with Crippen LogP contribution in [-0.4, -0.2) is 35.4 Å². The van der Waals surface area contributed by atoms with Crippen LogP contribution in [0.2, 0.25) is 0 Å². The number of benzene rings is 1. The molecule has 1 aliphatic heterocycles. The fraction of sp³-hybridized carbons (Fsp3) is 0.333. The van der Waals surface area contributed by atoms with E-state index in [4.69, 9.17) is 0 Å². The van der Waals surface area contributed by atoms with Crippen molar-refractivity contribution >= 4 is 18.3 Å². The fourth-order valence-corrected chi connectivity index (χ4v) is 2.93. The molecule has 2 aromatic rings. The third kappa shape index (κ3) is 3.86. The molecule has 3 rings (SSSR count). The molecule has 5 nitrogen and oxygen atoms in total. The average Bonchev–Trinajstić information content (AvgIpc) is 2.62. The van der Waals surface area contributed by atoms with E-state index >= 15 is 0 Å². The number of halogens is 1. The Morgan fingerprint density at radius 3 is 2.58 bits per heavy atom. The summed E-state index contributed by atoms with van der Waals surface area (Å²) in [6.45, 7) is 4.29. The summed E-state index contributed by atoms with van der Waals surface area (Å²) in [7, 11) is 0. The van der Waals surface area contributed by atoms with E-state index in [0.29, 0.717) is 12.1 Å². The van der Waals surface area contributed by atoms with Gasteiger partial charge in [-0.25, -0.2) is 0 Å². The van der Waals surface area contributed by atoms with Gasteiger partial charge in [-0.15, -0.1) is 12.4 Å². The topological polar surface area (TPSA) is 65.2 Å². The van der Waals surface area contributed by atoms with Crippen LogP contribution in [0.15, 0.2) is 47.4 Å². The molecule has 0 spiro atoms. The van der Waals surface area contributed by atoms with E-state index in [1.807, 2.05) is 4.90 Å². The van der Waals surface area contributed by atoms with Crippen molar-refractivity contribution < 1.29 is 4.79 Å². The number of H-pyrrole nitrogens is 1. The quantitative estimate of drug-likeness (QED) is 0.894. The molecule has 0 aliphatic carbocycles. The van der Waals surface area contributed by atoms with Gasteiger partial charge in [0.2, 0.25) is 5.56 Å². The maximum absolute atomic E-state index is 12.8. The Balaban J connectivity index is 0.00000208. The van der Waals surface area contributed by atoms with Crippen LogP contribution < -0.4 is 10.9 Å². The van der Waals surface area contributed by atoms with E-state index in [0.717, 1.165) is 25.1 Å². The molecule has 1 aromatic heterocycles. The smallest absolute Gasteiger partial charge is 0.255 e. The highest BCUT2D eigenvalue weighted by Gasteiger charge is 2.28. The van der Waals surface area contributed by atoms with Crippen LogP contribution in [0, 0.1) is 0 Å². The molecule has 1 unspecified atom stereocenters. The summed E-state index contributed by atoms with van der Waals surface area (Å²) < 4.78 is 0. The summed E-state index contributed by atoms with van der Waals surface area (Å²) in [5.74, 6) is -0.0488. The molecule has 0 bridgehead atoms. The largest absolute Gasteiger partial charge is 0.329 e. The van der Waals surface area contributed by atoms with Gasteiger partial charge >= 0.3 is 0 Å². The number of carbonyl (C=O) groups is 1. The maximum Gasteiger partial charge on any atom is 0.255 e. The Kier molecular flexibility index (Phi) is 6.17. The molecule has 1 amide bonds. The predicted molar refractivity (Wildman–Crippen MR) is 96.8 cm³/mol. The van der Waals surface area contributed by atoms with Gasteiger partial charge in [-0.05, 0) is 23.6 Å². The van der Waals surface area contributed by atoms with Gasteiger partial charge in [0, 0.05) is 31.9 Å². The fourth-order valence-electron chi connectivity index (χ4n) is 2.93. The van der Waals surface area contributed by atoms with Crippen molar-refractivity contribution in [2.45, 2.75) is 19.4 Å². The number of hydrogen-bond donors (Lipinski definition) is 2. The summed E-state index contributed by atoms with van der Waals surface area (Å²) in [5.41, 5.74) is 2.73. The molecule has 2 heterocycles. The molecule has 1 aromatic carbocycles. The zero-order valence-electron chi connectivity index (χ0n) is 13.6.